The van der Waals surface area contributed by atoms with E-state index in [9.17, 15) is 0 Å². The Morgan fingerprint density at radius 1 is 0.337 bits per heavy atom. The van der Waals surface area contributed by atoms with Crippen molar-refractivity contribution in [2.45, 2.75) is 123 Å². The standard InChI is InChI=1S/C12H28N4.C11H26N4.2C10H24N4.C9H22N4.C8H19N3/c1-11(13)3-5-15-7-9-16(10-8-15)6-4-12(2)14;1-10(12)8-14-4-6-15(7-5-14)9-11(2,3)13;1-11-3-5-13-7-9-14(10-8-13)6-4-12-2;1-10(2,12)9-14-7-5-13(4-3-11)6-8-14;1-9(11)8-13-6-4-12(3-2-10)5-7-13;1-8(2,9)7-11-5-3-10-4-6-11/h11-12H,3-10,13-14H2,1-2H3;10H,4-9,12-13H2,1-3H3;11-12H,3-10H2,1-2H3;3-9,11-12H2,1-2H3;9H,2-8,10-11H2,1H3;10H,3-7,9H2,1-2H3. The van der Waals surface area contributed by atoms with Crippen LogP contribution in [0.5, 0.6) is 0 Å². The van der Waals surface area contributed by atoms with E-state index < -0.39 is 0 Å². The smallest absolute Gasteiger partial charge is 0.0226 e. The number of rotatable bonds is 26. The van der Waals surface area contributed by atoms with Gasteiger partial charge in [0.05, 0.1) is 0 Å². The van der Waals surface area contributed by atoms with Gasteiger partial charge in [0.25, 0.3) is 0 Å². The van der Waals surface area contributed by atoms with Crippen molar-refractivity contribution in [1.82, 2.24) is 69.8 Å². The molecule has 0 amide bonds. The zero-order valence-electron chi connectivity index (χ0n) is 56.4. The fraction of sp³-hybridized carbons (Fsp3) is 1.00. The highest BCUT2D eigenvalue weighted by atomic mass is 15.3. The average Bonchev–Trinajstić information content (AvgIpc) is 3.41. The van der Waals surface area contributed by atoms with Crippen molar-refractivity contribution in [2.75, 3.05) is 269 Å². The summed E-state index contributed by atoms with van der Waals surface area (Å²) in [6, 6.07) is 1.23. The summed E-state index contributed by atoms with van der Waals surface area (Å²) in [4.78, 5) is 27.1. The molecule has 0 spiro atoms. The van der Waals surface area contributed by atoms with E-state index >= 15 is 0 Å². The molecule has 23 nitrogen and oxygen atoms in total. The summed E-state index contributed by atoms with van der Waals surface area (Å²) < 4.78 is 0. The van der Waals surface area contributed by atoms with Gasteiger partial charge in [-0.15, -0.1) is 0 Å². The summed E-state index contributed by atoms with van der Waals surface area (Å²) in [6.07, 6.45) is 2.22. The summed E-state index contributed by atoms with van der Waals surface area (Å²) in [5.74, 6) is 0. The van der Waals surface area contributed by atoms with Gasteiger partial charge in [-0.2, -0.15) is 0 Å². The van der Waals surface area contributed by atoms with Gasteiger partial charge in [0.1, 0.15) is 0 Å². The van der Waals surface area contributed by atoms with E-state index in [-0.39, 0.29) is 22.7 Å². The highest BCUT2D eigenvalue weighted by Crippen LogP contribution is 2.10. The summed E-state index contributed by atoms with van der Waals surface area (Å²) >= 11 is 0. The van der Waals surface area contributed by atoms with Crippen molar-refractivity contribution >= 4 is 0 Å². The van der Waals surface area contributed by atoms with Crippen molar-refractivity contribution in [3.8, 4) is 0 Å². The Hall–Kier alpha value is -0.920. The average molecular weight is 1190 g/mol. The predicted molar refractivity (Wildman–Crippen MR) is 358 cm³/mol. The zero-order chi connectivity index (χ0) is 62.3. The fourth-order valence-corrected chi connectivity index (χ4v) is 11.1. The molecule has 83 heavy (non-hydrogen) atoms. The molecular formula is C60H143N23. The lowest BCUT2D eigenvalue weighted by Gasteiger charge is -2.38. The third-order valence-corrected chi connectivity index (χ3v) is 15.6. The second kappa shape index (κ2) is 46.2. The van der Waals surface area contributed by atoms with Crippen LogP contribution in [0.3, 0.4) is 0 Å². The molecule has 0 bridgehead atoms. The zero-order valence-corrected chi connectivity index (χ0v) is 56.4. The van der Waals surface area contributed by atoms with E-state index in [0.717, 1.165) is 203 Å². The number of hydrogen-bond acceptors (Lipinski definition) is 23. The maximum atomic E-state index is 6.01. The Morgan fingerprint density at radius 2 is 0.566 bits per heavy atom. The minimum atomic E-state index is -0.0800. The van der Waals surface area contributed by atoms with Gasteiger partial charge in [-0.25, -0.2) is 0 Å². The molecule has 4 atom stereocenters. The molecule has 4 unspecified atom stereocenters. The van der Waals surface area contributed by atoms with Gasteiger partial charge in [0.15, 0.2) is 0 Å². The first-order valence-electron chi connectivity index (χ1n) is 32.9. The van der Waals surface area contributed by atoms with E-state index in [1.807, 2.05) is 14.1 Å². The van der Waals surface area contributed by atoms with Gasteiger partial charge >= 0.3 is 0 Å². The van der Waals surface area contributed by atoms with Gasteiger partial charge in [0, 0.05) is 283 Å². The lowest BCUT2D eigenvalue weighted by molar-refractivity contribution is 0.113. The van der Waals surface area contributed by atoms with Crippen molar-refractivity contribution in [3.05, 3.63) is 0 Å². The minimum Gasteiger partial charge on any atom is -0.329 e. The van der Waals surface area contributed by atoms with E-state index in [1.54, 1.807) is 0 Å². The van der Waals surface area contributed by atoms with E-state index in [4.69, 9.17) is 51.6 Å². The maximum Gasteiger partial charge on any atom is 0.0226 e. The topological polar surface area (TPSA) is 306 Å². The quantitative estimate of drug-likeness (QED) is 0.0403. The lowest BCUT2D eigenvalue weighted by Crippen LogP contribution is -2.54. The monoisotopic (exact) mass is 1190 g/mol. The van der Waals surface area contributed by atoms with Gasteiger partial charge in [-0.05, 0) is 109 Å². The van der Waals surface area contributed by atoms with Crippen LogP contribution in [0.1, 0.15) is 82.1 Å². The molecule has 21 N–H and O–H groups in total. The molecule has 0 radical (unpaired) electrons. The third-order valence-electron chi connectivity index (χ3n) is 15.6. The fourth-order valence-electron chi connectivity index (χ4n) is 11.1. The van der Waals surface area contributed by atoms with Crippen LogP contribution in [0, 0.1) is 0 Å². The molecule has 0 aromatic rings. The van der Waals surface area contributed by atoms with Gasteiger partial charge in [0.2, 0.25) is 0 Å². The molecular weight excluding hydrogens is 1040 g/mol. The first kappa shape index (κ1) is 80.1. The summed E-state index contributed by atoms with van der Waals surface area (Å²) in [5, 5.41) is 9.71. The summed E-state index contributed by atoms with van der Waals surface area (Å²) in [6.45, 7) is 64.0. The molecule has 498 valence electrons. The van der Waals surface area contributed by atoms with Crippen molar-refractivity contribution in [3.63, 3.8) is 0 Å². The van der Waals surface area contributed by atoms with Crippen molar-refractivity contribution in [2.24, 2.45) is 51.6 Å². The summed E-state index contributed by atoms with van der Waals surface area (Å²) in [5.41, 5.74) is 51.8. The Kier molecular flexibility index (Phi) is 44.6. The van der Waals surface area contributed by atoms with Crippen LogP contribution in [0.4, 0.5) is 0 Å². The number of nitrogens with zero attached hydrogens (tertiary/aromatic N) is 11. The molecule has 6 rings (SSSR count). The second-order valence-corrected chi connectivity index (χ2v) is 27.5. The van der Waals surface area contributed by atoms with Crippen LogP contribution in [0.15, 0.2) is 0 Å². The molecule has 0 aromatic heterocycles. The molecule has 6 aliphatic heterocycles. The molecule has 6 saturated heterocycles. The predicted octanol–water partition coefficient (Wildman–Crippen LogP) is -3.35. The SMILES string of the molecule is CC(C)(N)CN1CCN(CCN)CC1.CC(C)(N)CN1CCNCC1.CC(N)CCN1CCN(CCC(C)N)CC1.CC(N)CN1CCN(CC(C)(C)N)CC1.CC(N)CN1CCN(CCN)CC1.CNCCN1CCN(CCNC)CC1. The summed E-state index contributed by atoms with van der Waals surface area (Å²) in [7, 11) is 4.03. The molecule has 6 aliphatic rings. The first-order valence-corrected chi connectivity index (χ1v) is 32.9. The van der Waals surface area contributed by atoms with Crippen LogP contribution in [-0.2, 0) is 0 Å². The highest BCUT2D eigenvalue weighted by Gasteiger charge is 2.24. The van der Waals surface area contributed by atoms with E-state index in [0.29, 0.717) is 18.1 Å². The Morgan fingerprint density at radius 3 is 0.795 bits per heavy atom. The number of piperazine rings is 6. The third kappa shape index (κ3) is 46.8. The Balaban J connectivity index is 0.000000500. The molecule has 6 heterocycles. The molecule has 6 fully saturated rings. The van der Waals surface area contributed by atoms with Crippen LogP contribution in [-0.4, -0.2) is 364 Å². The lowest BCUT2D eigenvalue weighted by atomic mass is 10.1. The Labute approximate surface area is 511 Å². The molecule has 23 heteroatoms. The minimum absolute atomic E-state index is 0.0443. The number of nitrogens with two attached hydrogens (primary N) is 9. The first-order chi connectivity index (χ1) is 39.1. The largest absolute Gasteiger partial charge is 0.329 e. The highest BCUT2D eigenvalue weighted by molar-refractivity contribution is 4.84. The molecule has 0 saturated carbocycles. The van der Waals surface area contributed by atoms with Crippen LogP contribution >= 0.6 is 0 Å². The van der Waals surface area contributed by atoms with Gasteiger partial charge in [-0.1, -0.05) is 0 Å². The molecule has 0 aromatic carbocycles. The Bertz CT molecular complexity index is 1390. The van der Waals surface area contributed by atoms with Gasteiger partial charge in [-0.3, -0.25) is 44.1 Å². The number of hydrogen-bond donors (Lipinski definition) is 12. The van der Waals surface area contributed by atoms with Crippen LogP contribution < -0.4 is 67.6 Å². The van der Waals surface area contributed by atoms with Crippen molar-refractivity contribution in [1.29, 1.82) is 0 Å². The normalized spacial score (nSPS) is 22.2. The molecule has 0 aliphatic carbocycles. The van der Waals surface area contributed by atoms with Crippen molar-refractivity contribution < 1.29 is 0 Å². The van der Waals surface area contributed by atoms with Crippen LogP contribution in [0.2, 0.25) is 0 Å². The second-order valence-electron chi connectivity index (χ2n) is 27.5. The van der Waals surface area contributed by atoms with Gasteiger partial charge < -0.3 is 77.4 Å². The van der Waals surface area contributed by atoms with E-state index in [2.05, 4.69) is 139 Å². The number of likely N-dealkylation sites (N-methyl/N-ethyl adjacent to an activating group) is 2. The maximum absolute atomic E-state index is 6.01. The van der Waals surface area contributed by atoms with Crippen LogP contribution in [0.25, 0.3) is 0 Å². The van der Waals surface area contributed by atoms with E-state index in [1.165, 1.54) is 65.4 Å². The number of nitrogens with one attached hydrogen (secondary N) is 3.